The van der Waals surface area contributed by atoms with Crippen molar-refractivity contribution in [3.8, 4) is 0 Å². The number of benzene rings is 2. The molecule has 0 heterocycles. The van der Waals surface area contributed by atoms with Crippen molar-refractivity contribution in [2.75, 3.05) is 24.2 Å². The normalized spacial score (nSPS) is 12.2. The van der Waals surface area contributed by atoms with Crippen LogP contribution in [-0.4, -0.2) is 51.0 Å². The Balaban J connectivity index is 2.43. The van der Waals surface area contributed by atoms with E-state index in [9.17, 15) is 26.8 Å². The molecule has 0 bridgehead atoms. The molecule has 32 heavy (non-hydrogen) atoms. The maximum atomic E-state index is 13.7. The smallest absolute Gasteiger partial charge is 0.244 e. The standard InChI is InChI=1S/C22H27F2N3O4S/c1-5-20(22(29)25-3)26(13-16-8-6-15(2)7-9-16)21(28)14-27(32(4,30)31)17-10-11-18(23)19(24)12-17/h6-12,20H,5,13-14H2,1-4H3,(H,25,29)/t20-/m1/s1. The summed E-state index contributed by atoms with van der Waals surface area (Å²) in [6, 6.07) is 9.09. The molecule has 0 spiro atoms. The minimum Gasteiger partial charge on any atom is -0.357 e. The van der Waals surface area contributed by atoms with Gasteiger partial charge in [-0.3, -0.25) is 13.9 Å². The van der Waals surface area contributed by atoms with Gasteiger partial charge in [-0.15, -0.1) is 0 Å². The summed E-state index contributed by atoms with van der Waals surface area (Å²) in [6.07, 6.45) is 1.16. The molecule has 0 aliphatic rings. The maximum absolute atomic E-state index is 13.7. The number of likely N-dealkylation sites (N-methyl/N-ethyl adjacent to an activating group) is 1. The fourth-order valence-electron chi connectivity index (χ4n) is 3.23. The van der Waals surface area contributed by atoms with Crippen LogP contribution in [0, 0.1) is 18.6 Å². The highest BCUT2D eigenvalue weighted by molar-refractivity contribution is 7.92. The lowest BCUT2D eigenvalue weighted by Gasteiger charge is -2.32. The molecule has 7 nitrogen and oxygen atoms in total. The molecule has 10 heteroatoms. The van der Waals surface area contributed by atoms with Crippen molar-refractivity contribution in [3.63, 3.8) is 0 Å². The van der Waals surface area contributed by atoms with Crippen molar-refractivity contribution in [1.82, 2.24) is 10.2 Å². The van der Waals surface area contributed by atoms with E-state index < -0.39 is 46.1 Å². The van der Waals surface area contributed by atoms with Crippen LogP contribution in [0.15, 0.2) is 42.5 Å². The minimum absolute atomic E-state index is 0.0699. The Hall–Kier alpha value is -3.01. The second kappa shape index (κ2) is 10.5. The van der Waals surface area contributed by atoms with Gasteiger partial charge in [-0.2, -0.15) is 0 Å². The van der Waals surface area contributed by atoms with Crippen LogP contribution >= 0.6 is 0 Å². The first-order valence-electron chi connectivity index (χ1n) is 9.97. The van der Waals surface area contributed by atoms with Gasteiger partial charge in [-0.25, -0.2) is 17.2 Å². The monoisotopic (exact) mass is 467 g/mol. The molecule has 0 radical (unpaired) electrons. The Bertz CT molecular complexity index is 1080. The van der Waals surface area contributed by atoms with Crippen molar-refractivity contribution in [3.05, 3.63) is 65.2 Å². The van der Waals surface area contributed by atoms with Crippen LogP contribution < -0.4 is 9.62 Å². The number of hydrogen-bond acceptors (Lipinski definition) is 4. The summed E-state index contributed by atoms with van der Waals surface area (Å²) >= 11 is 0. The van der Waals surface area contributed by atoms with Crippen LogP contribution in [0.3, 0.4) is 0 Å². The molecule has 174 valence electrons. The number of nitrogens with one attached hydrogen (secondary N) is 1. The Morgan fingerprint density at radius 3 is 2.19 bits per heavy atom. The van der Waals surface area contributed by atoms with Crippen LogP contribution in [0.4, 0.5) is 14.5 Å². The predicted octanol–water partition coefficient (Wildman–Crippen LogP) is 2.59. The Labute approximate surface area is 187 Å². The lowest BCUT2D eigenvalue weighted by Crippen LogP contribution is -2.51. The zero-order valence-corrected chi connectivity index (χ0v) is 19.2. The number of carbonyl (C=O) groups excluding carboxylic acids is 2. The number of anilines is 1. The van der Waals surface area contributed by atoms with Gasteiger partial charge in [0.25, 0.3) is 0 Å². The number of nitrogens with zero attached hydrogens (tertiary/aromatic N) is 2. The first-order valence-corrected chi connectivity index (χ1v) is 11.8. The Morgan fingerprint density at radius 2 is 1.69 bits per heavy atom. The summed E-state index contributed by atoms with van der Waals surface area (Å²) in [4.78, 5) is 27.0. The molecule has 0 unspecified atom stereocenters. The van der Waals surface area contributed by atoms with E-state index in [0.717, 1.165) is 29.5 Å². The summed E-state index contributed by atoms with van der Waals surface area (Å²) in [5, 5.41) is 2.52. The predicted molar refractivity (Wildman–Crippen MR) is 118 cm³/mol. The highest BCUT2D eigenvalue weighted by atomic mass is 32.2. The fraction of sp³-hybridized carbons (Fsp3) is 0.364. The summed E-state index contributed by atoms with van der Waals surface area (Å²) in [6.45, 7) is 3.04. The molecule has 0 saturated carbocycles. The van der Waals surface area contributed by atoms with Crippen LogP contribution in [0.25, 0.3) is 0 Å². The minimum atomic E-state index is -4.02. The highest BCUT2D eigenvalue weighted by Crippen LogP contribution is 2.22. The lowest BCUT2D eigenvalue weighted by atomic mass is 10.1. The van der Waals surface area contributed by atoms with Gasteiger partial charge in [0.05, 0.1) is 11.9 Å². The number of rotatable bonds is 9. The van der Waals surface area contributed by atoms with Crippen molar-refractivity contribution in [2.24, 2.45) is 0 Å². The molecule has 0 aliphatic carbocycles. The lowest BCUT2D eigenvalue weighted by molar-refractivity contribution is -0.140. The van der Waals surface area contributed by atoms with E-state index in [1.165, 1.54) is 11.9 Å². The van der Waals surface area contributed by atoms with Crippen LogP contribution in [0.1, 0.15) is 24.5 Å². The molecule has 0 aromatic heterocycles. The highest BCUT2D eigenvalue weighted by Gasteiger charge is 2.31. The summed E-state index contributed by atoms with van der Waals surface area (Å²) in [5.41, 5.74) is 1.58. The van der Waals surface area contributed by atoms with Gasteiger partial charge < -0.3 is 10.2 Å². The zero-order chi connectivity index (χ0) is 24.1. The van der Waals surface area contributed by atoms with E-state index in [4.69, 9.17) is 0 Å². The molecule has 0 saturated heterocycles. The number of amides is 2. The zero-order valence-electron chi connectivity index (χ0n) is 18.4. The number of aryl methyl sites for hydroxylation is 1. The quantitative estimate of drug-likeness (QED) is 0.614. The number of hydrogen-bond donors (Lipinski definition) is 1. The number of halogens is 2. The average molecular weight is 468 g/mol. The van der Waals surface area contributed by atoms with Crippen molar-refractivity contribution < 1.29 is 26.8 Å². The first-order chi connectivity index (χ1) is 15.0. The molecule has 1 atom stereocenters. The second-order valence-corrected chi connectivity index (χ2v) is 9.32. The van der Waals surface area contributed by atoms with Gasteiger partial charge in [0.1, 0.15) is 12.6 Å². The van der Waals surface area contributed by atoms with E-state index in [2.05, 4.69) is 5.32 Å². The number of sulfonamides is 1. The van der Waals surface area contributed by atoms with Crippen molar-refractivity contribution in [1.29, 1.82) is 0 Å². The van der Waals surface area contributed by atoms with Crippen LogP contribution in [0.2, 0.25) is 0 Å². The van der Waals surface area contributed by atoms with E-state index >= 15 is 0 Å². The summed E-state index contributed by atoms with van der Waals surface area (Å²) in [5.74, 6) is -3.43. The third-order valence-electron chi connectivity index (χ3n) is 4.98. The SMILES string of the molecule is CC[C@H](C(=O)NC)N(Cc1ccc(C)cc1)C(=O)CN(c1ccc(F)c(F)c1)S(C)(=O)=O. The van der Waals surface area contributed by atoms with Crippen LogP contribution in [-0.2, 0) is 26.2 Å². The van der Waals surface area contributed by atoms with Gasteiger partial charge in [0.2, 0.25) is 21.8 Å². The van der Waals surface area contributed by atoms with Gasteiger partial charge >= 0.3 is 0 Å². The van der Waals surface area contributed by atoms with Gasteiger partial charge in [-0.1, -0.05) is 36.8 Å². The molecular weight excluding hydrogens is 440 g/mol. The average Bonchev–Trinajstić information content (AvgIpc) is 2.74. The van der Waals surface area contributed by atoms with Gasteiger partial charge in [0, 0.05) is 19.7 Å². The van der Waals surface area contributed by atoms with Crippen LogP contribution in [0.5, 0.6) is 0 Å². The van der Waals surface area contributed by atoms with E-state index in [1.54, 1.807) is 6.92 Å². The van der Waals surface area contributed by atoms with E-state index in [1.807, 2.05) is 31.2 Å². The Morgan fingerprint density at radius 1 is 1.06 bits per heavy atom. The topological polar surface area (TPSA) is 86.8 Å². The summed E-state index contributed by atoms with van der Waals surface area (Å²) < 4.78 is 52.5. The van der Waals surface area contributed by atoms with Crippen molar-refractivity contribution in [2.45, 2.75) is 32.9 Å². The van der Waals surface area contributed by atoms with Crippen molar-refractivity contribution >= 4 is 27.5 Å². The molecular formula is C22H27F2N3O4S. The maximum Gasteiger partial charge on any atom is 0.244 e. The molecule has 1 N–H and O–H groups in total. The fourth-order valence-corrected chi connectivity index (χ4v) is 4.07. The molecule has 2 aromatic rings. The second-order valence-electron chi connectivity index (χ2n) is 7.41. The van der Waals surface area contributed by atoms with E-state index in [-0.39, 0.29) is 12.2 Å². The molecule has 2 amide bonds. The molecule has 0 aliphatic heterocycles. The molecule has 2 rings (SSSR count). The first kappa shape index (κ1) is 25.3. The van der Waals surface area contributed by atoms with Gasteiger partial charge in [0.15, 0.2) is 11.6 Å². The largest absolute Gasteiger partial charge is 0.357 e. The Kier molecular flexibility index (Phi) is 8.31. The van der Waals surface area contributed by atoms with Gasteiger partial charge in [-0.05, 0) is 31.0 Å². The molecule has 0 fully saturated rings. The third kappa shape index (κ3) is 6.25. The number of carbonyl (C=O) groups is 2. The summed E-state index contributed by atoms with van der Waals surface area (Å²) in [7, 11) is -2.57. The third-order valence-corrected chi connectivity index (χ3v) is 6.12. The molecule has 2 aromatic carbocycles. The van der Waals surface area contributed by atoms with E-state index in [0.29, 0.717) is 16.8 Å².